The number of nitrogen functional groups attached to an aromatic ring is 1. The van der Waals surface area contributed by atoms with Crippen LogP contribution in [0.25, 0.3) is 0 Å². The number of pyridine rings is 1. The minimum Gasteiger partial charge on any atom is -0.474 e. The van der Waals surface area contributed by atoms with Gasteiger partial charge in [-0.1, -0.05) is 13.8 Å². The van der Waals surface area contributed by atoms with Gasteiger partial charge in [0.15, 0.2) is 0 Å². The van der Waals surface area contributed by atoms with Crippen molar-refractivity contribution in [3.05, 3.63) is 23.9 Å². The van der Waals surface area contributed by atoms with E-state index in [2.05, 4.69) is 18.8 Å². The Labute approximate surface area is 108 Å². The normalized spacial score (nSPS) is 27.8. The number of aromatic nitrogens is 1. The van der Waals surface area contributed by atoms with E-state index >= 15 is 0 Å². The van der Waals surface area contributed by atoms with Gasteiger partial charge in [0.1, 0.15) is 11.9 Å². The van der Waals surface area contributed by atoms with Gasteiger partial charge in [-0.15, -0.1) is 0 Å². The lowest BCUT2D eigenvalue weighted by Crippen LogP contribution is -2.28. The van der Waals surface area contributed by atoms with Crippen molar-refractivity contribution >= 4 is 5.84 Å². The summed E-state index contributed by atoms with van der Waals surface area (Å²) in [5.74, 6) is 2.10. The van der Waals surface area contributed by atoms with Crippen molar-refractivity contribution in [1.29, 1.82) is 5.41 Å². The molecule has 1 heterocycles. The van der Waals surface area contributed by atoms with Crippen molar-refractivity contribution in [3.63, 3.8) is 0 Å². The predicted octanol–water partition coefficient (Wildman–Crippen LogP) is 2.57. The summed E-state index contributed by atoms with van der Waals surface area (Å²) < 4.78 is 5.91. The number of nitrogens with zero attached hydrogens (tertiary/aromatic N) is 1. The zero-order chi connectivity index (χ0) is 13.1. The summed E-state index contributed by atoms with van der Waals surface area (Å²) in [7, 11) is 0. The Morgan fingerprint density at radius 3 is 2.44 bits per heavy atom. The van der Waals surface area contributed by atoms with Gasteiger partial charge in [-0.2, -0.15) is 0 Å². The van der Waals surface area contributed by atoms with Gasteiger partial charge in [0.2, 0.25) is 5.88 Å². The quantitative estimate of drug-likeness (QED) is 0.637. The van der Waals surface area contributed by atoms with E-state index < -0.39 is 0 Å². The van der Waals surface area contributed by atoms with Gasteiger partial charge in [-0.05, 0) is 37.2 Å². The van der Waals surface area contributed by atoms with Crippen LogP contribution >= 0.6 is 0 Å². The summed E-state index contributed by atoms with van der Waals surface area (Å²) >= 11 is 0. The molecule has 1 fully saturated rings. The molecule has 98 valence electrons. The molecule has 0 aliphatic heterocycles. The molecule has 0 aromatic carbocycles. The van der Waals surface area contributed by atoms with E-state index in [9.17, 15) is 0 Å². The van der Waals surface area contributed by atoms with E-state index in [4.69, 9.17) is 15.9 Å². The highest BCUT2D eigenvalue weighted by Crippen LogP contribution is 2.30. The number of amidine groups is 1. The summed E-state index contributed by atoms with van der Waals surface area (Å²) in [5, 5.41) is 7.31. The maximum absolute atomic E-state index is 7.31. The minimum absolute atomic E-state index is 0.0361. The van der Waals surface area contributed by atoms with Gasteiger partial charge < -0.3 is 10.5 Å². The predicted molar refractivity (Wildman–Crippen MR) is 71.8 cm³/mol. The molecule has 0 spiro atoms. The molecule has 2 rings (SSSR count). The highest BCUT2D eigenvalue weighted by atomic mass is 16.5. The van der Waals surface area contributed by atoms with Gasteiger partial charge in [0.25, 0.3) is 0 Å². The zero-order valence-corrected chi connectivity index (χ0v) is 11.0. The van der Waals surface area contributed by atoms with Crippen LogP contribution in [0.5, 0.6) is 5.88 Å². The van der Waals surface area contributed by atoms with Crippen LogP contribution in [0.3, 0.4) is 0 Å². The van der Waals surface area contributed by atoms with Crippen LogP contribution in [0.1, 0.15) is 38.7 Å². The molecule has 1 aromatic rings. The van der Waals surface area contributed by atoms with Crippen LogP contribution in [-0.4, -0.2) is 16.9 Å². The third-order valence-corrected chi connectivity index (χ3v) is 3.47. The van der Waals surface area contributed by atoms with Gasteiger partial charge in [-0.25, -0.2) is 4.98 Å². The van der Waals surface area contributed by atoms with Crippen molar-refractivity contribution < 1.29 is 4.74 Å². The van der Waals surface area contributed by atoms with E-state index in [1.807, 2.05) is 0 Å². The molecule has 18 heavy (non-hydrogen) atoms. The number of hydrogen-bond acceptors (Lipinski definition) is 3. The van der Waals surface area contributed by atoms with E-state index in [1.165, 1.54) is 6.42 Å². The molecular weight excluding hydrogens is 226 g/mol. The fraction of sp³-hybridized carbons (Fsp3) is 0.571. The van der Waals surface area contributed by atoms with Gasteiger partial charge in [0, 0.05) is 17.8 Å². The molecular formula is C14H21N3O. The summed E-state index contributed by atoms with van der Waals surface area (Å²) in [5.41, 5.74) is 6.02. The number of hydrogen-bond donors (Lipinski definition) is 2. The Bertz CT molecular complexity index is 406. The second kappa shape index (κ2) is 5.38. The first-order chi connectivity index (χ1) is 8.54. The fourth-order valence-corrected chi connectivity index (χ4v) is 2.75. The molecule has 1 aliphatic carbocycles. The Hall–Kier alpha value is -1.58. The Kier molecular flexibility index (Phi) is 3.84. The molecule has 2 atom stereocenters. The van der Waals surface area contributed by atoms with Crippen molar-refractivity contribution in [3.8, 4) is 5.88 Å². The Morgan fingerprint density at radius 1 is 1.28 bits per heavy atom. The van der Waals surface area contributed by atoms with Gasteiger partial charge in [0.05, 0.1) is 0 Å². The molecule has 1 aromatic heterocycles. The van der Waals surface area contributed by atoms with Crippen molar-refractivity contribution in [1.82, 2.24) is 4.98 Å². The Morgan fingerprint density at radius 2 is 1.94 bits per heavy atom. The van der Waals surface area contributed by atoms with E-state index in [1.54, 1.807) is 18.3 Å². The highest BCUT2D eigenvalue weighted by Gasteiger charge is 2.25. The molecule has 3 N–H and O–H groups in total. The fourth-order valence-electron chi connectivity index (χ4n) is 2.75. The molecule has 0 amide bonds. The summed E-state index contributed by atoms with van der Waals surface area (Å²) in [6.07, 6.45) is 5.34. The summed E-state index contributed by atoms with van der Waals surface area (Å²) in [6.45, 7) is 4.55. The van der Waals surface area contributed by atoms with Gasteiger partial charge >= 0.3 is 0 Å². The van der Waals surface area contributed by atoms with Crippen molar-refractivity contribution in [2.24, 2.45) is 17.6 Å². The van der Waals surface area contributed by atoms with Crippen LogP contribution in [0.2, 0.25) is 0 Å². The first-order valence-corrected chi connectivity index (χ1v) is 6.51. The van der Waals surface area contributed by atoms with Crippen LogP contribution in [0.15, 0.2) is 18.3 Å². The average Bonchev–Trinajstić information content (AvgIpc) is 2.28. The summed E-state index contributed by atoms with van der Waals surface area (Å²) in [4.78, 5) is 4.20. The second-order valence-corrected chi connectivity index (χ2v) is 5.46. The molecule has 4 heteroatoms. The standard InChI is InChI=1S/C14H21N3O/c1-9-5-10(2)7-12(6-9)18-13-4-3-11(8-17-13)14(15)16/h3-4,8-10,12H,5-7H2,1-2H3,(H3,15,16). The monoisotopic (exact) mass is 247 g/mol. The lowest BCUT2D eigenvalue weighted by molar-refractivity contribution is 0.0967. The lowest BCUT2D eigenvalue weighted by Gasteiger charge is -2.31. The smallest absolute Gasteiger partial charge is 0.213 e. The molecule has 1 saturated carbocycles. The molecule has 0 radical (unpaired) electrons. The Balaban J connectivity index is 1.98. The van der Waals surface area contributed by atoms with E-state index in [0.717, 1.165) is 24.7 Å². The van der Waals surface area contributed by atoms with Crippen LogP contribution < -0.4 is 10.5 Å². The average molecular weight is 247 g/mol. The molecule has 2 unspecified atom stereocenters. The molecule has 1 aliphatic rings. The van der Waals surface area contributed by atoms with E-state index in [-0.39, 0.29) is 11.9 Å². The first kappa shape index (κ1) is 12.9. The topological polar surface area (TPSA) is 72.0 Å². The third kappa shape index (κ3) is 3.22. The second-order valence-electron chi connectivity index (χ2n) is 5.46. The maximum atomic E-state index is 7.31. The van der Waals surface area contributed by atoms with Crippen LogP contribution in [-0.2, 0) is 0 Å². The lowest BCUT2D eigenvalue weighted by atomic mass is 9.82. The largest absolute Gasteiger partial charge is 0.474 e. The van der Waals surface area contributed by atoms with Crippen molar-refractivity contribution in [2.45, 2.75) is 39.2 Å². The van der Waals surface area contributed by atoms with Gasteiger partial charge in [-0.3, -0.25) is 5.41 Å². The summed E-state index contributed by atoms with van der Waals surface area (Å²) in [6, 6.07) is 3.57. The maximum Gasteiger partial charge on any atom is 0.213 e. The molecule has 4 nitrogen and oxygen atoms in total. The van der Waals surface area contributed by atoms with Crippen LogP contribution in [0.4, 0.5) is 0 Å². The first-order valence-electron chi connectivity index (χ1n) is 6.51. The highest BCUT2D eigenvalue weighted by molar-refractivity contribution is 5.94. The number of ether oxygens (including phenoxy) is 1. The molecule has 0 saturated heterocycles. The van der Waals surface area contributed by atoms with Crippen LogP contribution in [0, 0.1) is 17.2 Å². The number of nitrogens with one attached hydrogen (secondary N) is 1. The number of nitrogens with two attached hydrogens (primary N) is 1. The number of rotatable bonds is 3. The van der Waals surface area contributed by atoms with E-state index in [0.29, 0.717) is 11.4 Å². The molecule has 0 bridgehead atoms. The minimum atomic E-state index is 0.0361. The van der Waals surface area contributed by atoms with Crippen molar-refractivity contribution in [2.75, 3.05) is 0 Å². The zero-order valence-electron chi connectivity index (χ0n) is 11.0. The third-order valence-electron chi connectivity index (χ3n) is 3.47. The SMILES string of the molecule is CC1CC(C)CC(Oc2ccc(C(=N)N)cn2)C1.